The van der Waals surface area contributed by atoms with Crippen molar-refractivity contribution in [3.63, 3.8) is 0 Å². The van der Waals surface area contributed by atoms with Gasteiger partial charge in [0.05, 0.1) is 12.2 Å². The molecule has 4 rings (SSSR count). The monoisotopic (exact) mass is 449 g/mol. The third-order valence-corrected chi connectivity index (χ3v) is 6.16. The number of imidazole rings is 1. The van der Waals surface area contributed by atoms with Crippen molar-refractivity contribution in [2.45, 2.75) is 39.0 Å². The summed E-state index contributed by atoms with van der Waals surface area (Å²) in [5.41, 5.74) is 2.01. The van der Waals surface area contributed by atoms with E-state index in [-0.39, 0.29) is 11.8 Å². The molecule has 1 aliphatic heterocycles. The van der Waals surface area contributed by atoms with Crippen molar-refractivity contribution < 1.29 is 14.3 Å². The van der Waals surface area contributed by atoms with E-state index in [1.54, 1.807) is 36.8 Å². The normalized spacial score (nSPS) is 14.4. The zero-order valence-electron chi connectivity index (χ0n) is 19.1. The largest absolute Gasteiger partial charge is 0.477 e. The maximum Gasteiger partial charge on any atom is 0.259 e. The molecular weight excluding hydrogens is 418 g/mol. The lowest BCUT2D eigenvalue weighted by molar-refractivity contribution is 0.0680. The van der Waals surface area contributed by atoms with Gasteiger partial charge in [0.25, 0.3) is 11.8 Å². The fourth-order valence-electron chi connectivity index (χ4n) is 4.32. The van der Waals surface area contributed by atoms with E-state index in [4.69, 9.17) is 4.74 Å². The predicted octanol–water partition coefficient (Wildman–Crippen LogP) is 3.58. The highest BCUT2D eigenvalue weighted by atomic mass is 16.5. The van der Waals surface area contributed by atoms with Crippen molar-refractivity contribution in [1.29, 1.82) is 0 Å². The summed E-state index contributed by atoms with van der Waals surface area (Å²) in [6.45, 7) is 4.56. The molecular formula is C25H31N5O3. The van der Waals surface area contributed by atoms with Crippen LogP contribution in [0.5, 0.6) is 5.88 Å². The van der Waals surface area contributed by atoms with E-state index in [0.29, 0.717) is 36.1 Å². The second kappa shape index (κ2) is 10.9. The fourth-order valence-corrected chi connectivity index (χ4v) is 4.32. The van der Waals surface area contributed by atoms with Crippen molar-refractivity contribution >= 4 is 17.5 Å². The van der Waals surface area contributed by atoms with Gasteiger partial charge >= 0.3 is 0 Å². The number of pyridine rings is 2. The lowest BCUT2D eigenvalue weighted by Gasteiger charge is -2.32. The summed E-state index contributed by atoms with van der Waals surface area (Å²) in [5, 5.41) is 3.01. The van der Waals surface area contributed by atoms with Crippen molar-refractivity contribution in [2.75, 3.05) is 26.2 Å². The van der Waals surface area contributed by atoms with Gasteiger partial charge in [0.2, 0.25) is 5.88 Å². The zero-order chi connectivity index (χ0) is 23.0. The predicted molar refractivity (Wildman–Crippen MR) is 125 cm³/mol. The molecule has 3 aromatic heterocycles. The summed E-state index contributed by atoms with van der Waals surface area (Å²) in [6, 6.07) is 7.21. The number of fused-ring (bicyclic) bond motifs is 1. The summed E-state index contributed by atoms with van der Waals surface area (Å²) in [4.78, 5) is 35.6. The zero-order valence-corrected chi connectivity index (χ0v) is 19.1. The molecule has 174 valence electrons. The van der Waals surface area contributed by atoms with E-state index in [2.05, 4.69) is 15.3 Å². The molecule has 0 bridgehead atoms. The summed E-state index contributed by atoms with van der Waals surface area (Å²) >= 11 is 0. The Labute approximate surface area is 194 Å². The molecule has 1 aliphatic rings. The average Bonchev–Trinajstić information content (AvgIpc) is 3.32. The molecule has 0 unspecified atom stereocenters. The van der Waals surface area contributed by atoms with Crippen LogP contribution in [-0.4, -0.2) is 57.3 Å². The van der Waals surface area contributed by atoms with Crippen molar-refractivity contribution in [2.24, 2.45) is 5.92 Å². The molecule has 3 aromatic rings. The highest BCUT2D eigenvalue weighted by Crippen LogP contribution is 2.25. The number of rotatable bonds is 9. The smallest absolute Gasteiger partial charge is 0.259 e. The number of unbranched alkanes of at least 4 members (excludes halogenated alkanes) is 1. The SMILES string of the molecule is CCOc1ncccc1C(=O)N1CCC(CCCCNC(=O)c2ccc3nccn3c2)CC1. The van der Waals surface area contributed by atoms with Crippen LogP contribution in [-0.2, 0) is 0 Å². The average molecular weight is 450 g/mol. The molecule has 8 heteroatoms. The highest BCUT2D eigenvalue weighted by Gasteiger charge is 2.25. The number of likely N-dealkylation sites (tertiary alicyclic amines) is 1. The molecule has 8 nitrogen and oxygen atoms in total. The van der Waals surface area contributed by atoms with Crippen LogP contribution in [0, 0.1) is 5.92 Å². The molecule has 1 saturated heterocycles. The van der Waals surface area contributed by atoms with Crippen molar-refractivity contribution in [3.8, 4) is 5.88 Å². The molecule has 33 heavy (non-hydrogen) atoms. The summed E-state index contributed by atoms with van der Waals surface area (Å²) in [6.07, 6.45) is 12.1. The molecule has 4 heterocycles. The quantitative estimate of drug-likeness (QED) is 0.505. The molecule has 0 aromatic carbocycles. The fraction of sp³-hybridized carbons (Fsp3) is 0.440. The van der Waals surface area contributed by atoms with Gasteiger partial charge in [0.15, 0.2) is 0 Å². The number of nitrogens with zero attached hydrogens (tertiary/aromatic N) is 4. The van der Waals surface area contributed by atoms with E-state index >= 15 is 0 Å². The molecule has 1 fully saturated rings. The number of amides is 2. The van der Waals surface area contributed by atoms with E-state index in [1.165, 1.54) is 0 Å². The standard InChI is InChI=1S/C25H31N5O3/c1-2-33-24-21(7-5-13-28-24)25(32)29-15-10-19(11-16-29)6-3-4-12-27-23(31)20-8-9-22-26-14-17-30(22)18-20/h5,7-9,13-14,17-19H,2-4,6,10-12,15-16H2,1H3,(H,27,31). The molecule has 0 radical (unpaired) electrons. The molecule has 0 aliphatic carbocycles. The van der Waals surface area contributed by atoms with Crippen molar-refractivity contribution in [1.82, 2.24) is 24.6 Å². The third-order valence-electron chi connectivity index (χ3n) is 6.16. The van der Waals surface area contributed by atoms with Crippen LogP contribution in [0.15, 0.2) is 49.1 Å². The number of piperidine rings is 1. The van der Waals surface area contributed by atoms with Crippen LogP contribution in [0.4, 0.5) is 0 Å². The number of hydrogen-bond donors (Lipinski definition) is 1. The lowest BCUT2D eigenvalue weighted by Crippen LogP contribution is -2.38. The first kappa shape index (κ1) is 22.8. The van der Waals surface area contributed by atoms with Crippen LogP contribution in [0.2, 0.25) is 0 Å². The Balaban J connectivity index is 1.15. The Hall–Kier alpha value is -3.42. The Kier molecular flexibility index (Phi) is 7.55. The van der Waals surface area contributed by atoms with Gasteiger partial charge in [0, 0.05) is 44.4 Å². The number of hydrogen-bond acceptors (Lipinski definition) is 5. The Bertz CT molecular complexity index is 1090. The second-order valence-corrected chi connectivity index (χ2v) is 8.39. The van der Waals surface area contributed by atoms with E-state index in [1.807, 2.05) is 28.5 Å². The minimum absolute atomic E-state index is 0.00148. The minimum atomic E-state index is -0.0563. The van der Waals surface area contributed by atoms with Crippen LogP contribution in [0.3, 0.4) is 0 Å². The number of nitrogens with one attached hydrogen (secondary N) is 1. The number of aromatic nitrogens is 3. The minimum Gasteiger partial charge on any atom is -0.477 e. The van der Waals surface area contributed by atoms with Gasteiger partial charge in [-0.3, -0.25) is 9.59 Å². The molecule has 2 amide bonds. The van der Waals surface area contributed by atoms with E-state index in [9.17, 15) is 9.59 Å². The number of ether oxygens (including phenoxy) is 1. The number of carbonyl (C=O) groups excluding carboxylic acids is 2. The summed E-state index contributed by atoms with van der Waals surface area (Å²) in [7, 11) is 0. The van der Waals surface area contributed by atoms with Gasteiger partial charge < -0.3 is 19.4 Å². The van der Waals surface area contributed by atoms with Gasteiger partial charge in [-0.15, -0.1) is 0 Å². The summed E-state index contributed by atoms with van der Waals surface area (Å²) in [5.74, 6) is 0.980. The maximum atomic E-state index is 12.9. The van der Waals surface area contributed by atoms with Crippen LogP contribution >= 0.6 is 0 Å². The molecule has 0 saturated carbocycles. The van der Waals surface area contributed by atoms with Gasteiger partial charge in [-0.1, -0.05) is 12.8 Å². The van der Waals surface area contributed by atoms with Crippen LogP contribution in [0.25, 0.3) is 5.65 Å². The van der Waals surface area contributed by atoms with Crippen LogP contribution < -0.4 is 10.1 Å². The van der Waals surface area contributed by atoms with Gasteiger partial charge in [-0.25, -0.2) is 9.97 Å². The summed E-state index contributed by atoms with van der Waals surface area (Å²) < 4.78 is 7.36. The molecule has 1 N–H and O–H groups in total. The lowest BCUT2D eigenvalue weighted by atomic mass is 9.91. The van der Waals surface area contributed by atoms with E-state index in [0.717, 1.165) is 50.8 Å². The molecule has 0 spiro atoms. The van der Waals surface area contributed by atoms with Gasteiger partial charge in [-0.2, -0.15) is 0 Å². The van der Waals surface area contributed by atoms with Crippen molar-refractivity contribution in [3.05, 3.63) is 60.2 Å². The first-order valence-corrected chi connectivity index (χ1v) is 11.7. The Morgan fingerprint density at radius 3 is 2.79 bits per heavy atom. The van der Waals surface area contributed by atoms with E-state index < -0.39 is 0 Å². The van der Waals surface area contributed by atoms with Crippen LogP contribution in [0.1, 0.15) is 59.7 Å². The first-order chi connectivity index (χ1) is 16.2. The Morgan fingerprint density at radius 2 is 1.97 bits per heavy atom. The maximum absolute atomic E-state index is 12.9. The first-order valence-electron chi connectivity index (χ1n) is 11.7. The third kappa shape index (κ3) is 5.69. The number of carbonyl (C=O) groups is 2. The second-order valence-electron chi connectivity index (χ2n) is 8.39. The van der Waals surface area contributed by atoms with Gasteiger partial charge in [-0.05, 0) is 56.4 Å². The topological polar surface area (TPSA) is 88.8 Å². The Morgan fingerprint density at radius 1 is 1.12 bits per heavy atom. The highest BCUT2D eigenvalue weighted by molar-refractivity contribution is 5.96. The van der Waals surface area contributed by atoms with Gasteiger partial charge in [0.1, 0.15) is 11.2 Å². The molecule has 0 atom stereocenters.